The zero-order valence-electron chi connectivity index (χ0n) is 15.4. The molecule has 25 heavy (non-hydrogen) atoms. The highest BCUT2D eigenvalue weighted by molar-refractivity contribution is 5.46. The highest BCUT2D eigenvalue weighted by Gasteiger charge is 2.31. The SMILES string of the molecule is COc1ccc(C2CN(C)C(CN)c3cc(C(C)C)ccc32)cc1F. The molecule has 0 saturated heterocycles. The van der Waals surface area contributed by atoms with Gasteiger partial charge in [0, 0.05) is 25.0 Å². The van der Waals surface area contributed by atoms with Crippen LogP contribution in [-0.4, -0.2) is 32.1 Å². The highest BCUT2D eigenvalue weighted by Crippen LogP contribution is 2.40. The number of hydrogen-bond donors (Lipinski definition) is 1. The molecule has 0 spiro atoms. The molecular weight excluding hydrogens is 315 g/mol. The molecule has 1 aliphatic rings. The second-order valence-corrected chi connectivity index (χ2v) is 7.18. The van der Waals surface area contributed by atoms with Crippen molar-refractivity contribution in [2.75, 3.05) is 27.2 Å². The number of benzene rings is 2. The summed E-state index contributed by atoms with van der Waals surface area (Å²) in [4.78, 5) is 2.28. The molecule has 2 N–H and O–H groups in total. The molecule has 134 valence electrons. The molecule has 0 fully saturated rings. The summed E-state index contributed by atoms with van der Waals surface area (Å²) < 4.78 is 19.3. The summed E-state index contributed by atoms with van der Waals surface area (Å²) in [6.07, 6.45) is 0. The van der Waals surface area contributed by atoms with Crippen LogP contribution < -0.4 is 10.5 Å². The fourth-order valence-corrected chi connectivity index (χ4v) is 3.80. The van der Waals surface area contributed by atoms with Crippen LogP contribution in [0.25, 0.3) is 0 Å². The minimum atomic E-state index is -0.316. The number of rotatable bonds is 4. The maximum absolute atomic E-state index is 14.2. The van der Waals surface area contributed by atoms with Crippen LogP contribution >= 0.6 is 0 Å². The largest absolute Gasteiger partial charge is 0.494 e. The summed E-state index contributed by atoms with van der Waals surface area (Å²) in [5.74, 6) is 0.560. The standard InChI is InChI=1S/C21H27FN2O/c1-13(2)14-5-7-16-17(9-14)20(11-23)24(3)12-18(16)15-6-8-21(25-4)19(22)10-15/h5-10,13,18,20H,11-12,23H2,1-4H3. The van der Waals surface area contributed by atoms with Crippen LogP contribution in [0.3, 0.4) is 0 Å². The highest BCUT2D eigenvalue weighted by atomic mass is 19.1. The van der Waals surface area contributed by atoms with Crippen LogP contribution in [0.5, 0.6) is 5.75 Å². The number of ether oxygens (including phenoxy) is 1. The zero-order chi connectivity index (χ0) is 18.1. The Morgan fingerprint density at radius 3 is 2.56 bits per heavy atom. The molecule has 0 aromatic heterocycles. The number of nitrogens with two attached hydrogens (primary N) is 1. The fraction of sp³-hybridized carbons (Fsp3) is 0.429. The van der Waals surface area contributed by atoms with E-state index in [1.165, 1.54) is 23.8 Å². The lowest BCUT2D eigenvalue weighted by atomic mass is 9.80. The van der Waals surface area contributed by atoms with Gasteiger partial charge in [0.2, 0.25) is 0 Å². The van der Waals surface area contributed by atoms with Gasteiger partial charge >= 0.3 is 0 Å². The zero-order valence-corrected chi connectivity index (χ0v) is 15.4. The van der Waals surface area contributed by atoms with Gasteiger partial charge in [-0.05, 0) is 47.4 Å². The predicted molar refractivity (Wildman–Crippen MR) is 99.8 cm³/mol. The molecule has 3 rings (SSSR count). The first-order valence-corrected chi connectivity index (χ1v) is 8.83. The van der Waals surface area contributed by atoms with E-state index in [4.69, 9.17) is 10.5 Å². The maximum Gasteiger partial charge on any atom is 0.165 e. The van der Waals surface area contributed by atoms with Crippen molar-refractivity contribution < 1.29 is 9.13 Å². The summed E-state index contributed by atoms with van der Waals surface area (Å²) in [7, 11) is 3.58. The molecule has 2 atom stereocenters. The van der Waals surface area contributed by atoms with Crippen LogP contribution in [0, 0.1) is 5.82 Å². The van der Waals surface area contributed by atoms with Crippen LogP contribution in [-0.2, 0) is 0 Å². The molecule has 0 radical (unpaired) electrons. The second kappa shape index (κ2) is 7.14. The Bertz CT molecular complexity index is 760. The first-order chi connectivity index (χ1) is 12.0. The van der Waals surface area contributed by atoms with Crippen molar-refractivity contribution in [1.29, 1.82) is 0 Å². The number of methoxy groups -OCH3 is 1. The molecule has 1 aliphatic heterocycles. The van der Waals surface area contributed by atoms with Crippen molar-refractivity contribution in [2.24, 2.45) is 5.73 Å². The third-order valence-corrected chi connectivity index (χ3v) is 5.32. The van der Waals surface area contributed by atoms with Crippen LogP contribution in [0.15, 0.2) is 36.4 Å². The van der Waals surface area contributed by atoms with Crippen molar-refractivity contribution in [1.82, 2.24) is 4.90 Å². The van der Waals surface area contributed by atoms with E-state index in [-0.39, 0.29) is 23.5 Å². The number of nitrogens with zero attached hydrogens (tertiary/aromatic N) is 1. The van der Waals surface area contributed by atoms with Crippen LogP contribution in [0.4, 0.5) is 4.39 Å². The van der Waals surface area contributed by atoms with E-state index in [1.54, 1.807) is 12.1 Å². The molecule has 4 heteroatoms. The fourth-order valence-electron chi connectivity index (χ4n) is 3.80. The summed E-state index contributed by atoms with van der Waals surface area (Å²) >= 11 is 0. The van der Waals surface area contributed by atoms with Gasteiger partial charge in [0.25, 0.3) is 0 Å². The van der Waals surface area contributed by atoms with Crippen LogP contribution in [0.2, 0.25) is 0 Å². The molecule has 2 aromatic carbocycles. The van der Waals surface area contributed by atoms with Crippen molar-refractivity contribution in [3.63, 3.8) is 0 Å². The summed E-state index contributed by atoms with van der Waals surface area (Å²) in [6.45, 7) is 5.79. The lowest BCUT2D eigenvalue weighted by Gasteiger charge is -2.39. The topological polar surface area (TPSA) is 38.5 Å². The number of halogens is 1. The molecule has 0 saturated carbocycles. The quantitative estimate of drug-likeness (QED) is 0.911. The minimum Gasteiger partial charge on any atom is -0.494 e. The van der Waals surface area contributed by atoms with E-state index in [2.05, 4.69) is 44.0 Å². The van der Waals surface area contributed by atoms with Crippen molar-refractivity contribution >= 4 is 0 Å². The normalized spacial score (nSPS) is 20.6. The van der Waals surface area contributed by atoms with Gasteiger partial charge in [0.15, 0.2) is 11.6 Å². The average Bonchev–Trinajstić information content (AvgIpc) is 2.60. The van der Waals surface area contributed by atoms with Gasteiger partial charge in [-0.2, -0.15) is 0 Å². The van der Waals surface area contributed by atoms with E-state index >= 15 is 0 Å². The number of likely N-dealkylation sites (N-methyl/N-ethyl adjacent to an activating group) is 1. The molecule has 1 heterocycles. The monoisotopic (exact) mass is 342 g/mol. The molecule has 2 aromatic rings. The Hall–Kier alpha value is -1.91. The number of hydrogen-bond acceptors (Lipinski definition) is 3. The van der Waals surface area contributed by atoms with E-state index in [0.717, 1.165) is 12.1 Å². The van der Waals surface area contributed by atoms with E-state index < -0.39 is 0 Å². The average molecular weight is 342 g/mol. The van der Waals surface area contributed by atoms with Crippen molar-refractivity contribution in [3.05, 3.63) is 64.5 Å². The molecule has 0 aliphatic carbocycles. The van der Waals surface area contributed by atoms with Gasteiger partial charge in [0.05, 0.1) is 7.11 Å². The summed E-state index contributed by atoms with van der Waals surface area (Å²) in [5, 5.41) is 0. The molecule has 0 amide bonds. The Balaban J connectivity index is 2.09. The predicted octanol–water partition coefficient (Wildman–Crippen LogP) is 4.03. The van der Waals surface area contributed by atoms with Gasteiger partial charge in [-0.25, -0.2) is 4.39 Å². The Morgan fingerprint density at radius 1 is 1.20 bits per heavy atom. The second-order valence-electron chi connectivity index (χ2n) is 7.18. The van der Waals surface area contributed by atoms with E-state index in [9.17, 15) is 4.39 Å². The summed E-state index contributed by atoms with van der Waals surface area (Å²) in [5.41, 5.74) is 10.9. The molecular formula is C21H27FN2O. The van der Waals surface area contributed by atoms with Gasteiger partial charge in [0.1, 0.15) is 0 Å². The summed E-state index contributed by atoms with van der Waals surface area (Å²) in [6, 6.07) is 12.1. The lowest BCUT2D eigenvalue weighted by molar-refractivity contribution is 0.223. The first-order valence-electron chi connectivity index (χ1n) is 8.83. The molecule has 3 nitrogen and oxygen atoms in total. The minimum absolute atomic E-state index is 0.129. The lowest BCUT2D eigenvalue weighted by Crippen LogP contribution is -2.39. The van der Waals surface area contributed by atoms with Gasteiger partial charge in [-0.1, -0.05) is 38.1 Å². The van der Waals surface area contributed by atoms with Crippen molar-refractivity contribution in [2.45, 2.75) is 31.7 Å². The Labute approximate surface area is 149 Å². The molecule has 2 unspecified atom stereocenters. The van der Waals surface area contributed by atoms with Crippen LogP contribution in [0.1, 0.15) is 54.0 Å². The smallest absolute Gasteiger partial charge is 0.165 e. The first kappa shape index (κ1) is 17.9. The maximum atomic E-state index is 14.2. The van der Waals surface area contributed by atoms with Gasteiger partial charge in [-0.15, -0.1) is 0 Å². The third-order valence-electron chi connectivity index (χ3n) is 5.32. The van der Waals surface area contributed by atoms with E-state index in [0.29, 0.717) is 12.5 Å². The van der Waals surface area contributed by atoms with Crippen molar-refractivity contribution in [3.8, 4) is 5.75 Å². The van der Waals surface area contributed by atoms with Gasteiger partial charge in [-0.3, -0.25) is 4.90 Å². The molecule has 0 bridgehead atoms. The van der Waals surface area contributed by atoms with Gasteiger partial charge < -0.3 is 10.5 Å². The van der Waals surface area contributed by atoms with E-state index in [1.807, 2.05) is 6.07 Å². The Kier molecular flexibility index (Phi) is 5.11. The Morgan fingerprint density at radius 2 is 1.96 bits per heavy atom. The number of fused-ring (bicyclic) bond motifs is 1. The third kappa shape index (κ3) is 3.29.